The Morgan fingerprint density at radius 1 is 1.23 bits per heavy atom. The van der Waals surface area contributed by atoms with Gasteiger partial charge in [0.25, 0.3) is 0 Å². The number of hydrogen-bond acceptors (Lipinski definition) is 3. The van der Waals surface area contributed by atoms with Crippen molar-refractivity contribution in [3.8, 4) is 0 Å². The topological polar surface area (TPSA) is 58.2 Å². The minimum absolute atomic E-state index is 0.160. The molecule has 0 aromatic rings. The second-order valence-corrected chi connectivity index (χ2v) is 4.98. The van der Waals surface area contributed by atoms with Gasteiger partial charge >= 0.3 is 0 Å². The average molecular weight is 202 g/mol. The van der Waals surface area contributed by atoms with E-state index < -0.39 is 16.8 Å². The highest BCUT2D eigenvalue weighted by Gasteiger charge is 2.39. The zero-order valence-electron chi connectivity index (χ0n) is 7.92. The molecule has 0 aromatic carbocycles. The molecule has 0 aromatic heterocycles. The maximum Gasteiger partial charge on any atom is 0.244 e. The van der Waals surface area contributed by atoms with Crippen LogP contribution >= 0.6 is 12.6 Å². The van der Waals surface area contributed by atoms with Crippen molar-refractivity contribution in [2.75, 3.05) is 0 Å². The minimum Gasteiger partial charge on any atom is -0.343 e. The summed E-state index contributed by atoms with van der Waals surface area (Å²) in [4.78, 5) is 22.7. The Morgan fingerprint density at radius 2 is 1.77 bits per heavy atom. The zero-order chi connectivity index (χ0) is 10.2. The summed E-state index contributed by atoms with van der Waals surface area (Å²) in [6.07, 6.45) is 0. The standard InChI is InChI=1S/C8H14N2O2S/c1-4-6(11)10-5(7(12)9-4)8(2,3)13/h4-5,13H,1-3H3,(H,9,12)(H,10,11)/t4-,5-/m0/s1. The van der Waals surface area contributed by atoms with Crippen LogP contribution < -0.4 is 10.6 Å². The van der Waals surface area contributed by atoms with Gasteiger partial charge in [-0.1, -0.05) is 0 Å². The largest absolute Gasteiger partial charge is 0.343 e. The highest BCUT2D eigenvalue weighted by molar-refractivity contribution is 7.81. The van der Waals surface area contributed by atoms with Gasteiger partial charge in [0.1, 0.15) is 12.1 Å². The Bertz CT molecular complexity index is 247. The smallest absolute Gasteiger partial charge is 0.244 e. The van der Waals surface area contributed by atoms with Crippen molar-refractivity contribution in [1.82, 2.24) is 10.6 Å². The van der Waals surface area contributed by atoms with Crippen LogP contribution in [0.2, 0.25) is 0 Å². The van der Waals surface area contributed by atoms with E-state index in [2.05, 4.69) is 23.3 Å². The van der Waals surface area contributed by atoms with E-state index >= 15 is 0 Å². The van der Waals surface area contributed by atoms with Crippen molar-refractivity contribution in [3.05, 3.63) is 0 Å². The summed E-state index contributed by atoms with van der Waals surface area (Å²) in [5, 5.41) is 5.21. The van der Waals surface area contributed by atoms with E-state index in [1.165, 1.54) is 0 Å². The highest BCUT2D eigenvalue weighted by Crippen LogP contribution is 2.19. The lowest BCUT2D eigenvalue weighted by Gasteiger charge is -2.34. The van der Waals surface area contributed by atoms with E-state index in [0.29, 0.717) is 0 Å². The molecule has 0 bridgehead atoms. The fourth-order valence-electron chi connectivity index (χ4n) is 1.19. The van der Waals surface area contributed by atoms with Gasteiger partial charge in [0.05, 0.1) is 0 Å². The molecule has 0 radical (unpaired) electrons. The van der Waals surface area contributed by atoms with Crippen LogP contribution in [0.5, 0.6) is 0 Å². The van der Waals surface area contributed by atoms with Gasteiger partial charge < -0.3 is 10.6 Å². The van der Waals surface area contributed by atoms with Gasteiger partial charge in [-0.05, 0) is 20.8 Å². The first-order valence-corrected chi connectivity index (χ1v) is 4.60. The third kappa shape index (κ3) is 2.15. The van der Waals surface area contributed by atoms with Crippen LogP contribution in [0.25, 0.3) is 0 Å². The van der Waals surface area contributed by atoms with Crippen LogP contribution in [-0.2, 0) is 9.59 Å². The predicted molar refractivity (Wildman–Crippen MR) is 52.6 cm³/mol. The number of thiol groups is 1. The Morgan fingerprint density at radius 3 is 2.23 bits per heavy atom. The van der Waals surface area contributed by atoms with Gasteiger partial charge in [0.15, 0.2) is 0 Å². The lowest BCUT2D eigenvalue weighted by atomic mass is 9.99. The summed E-state index contributed by atoms with van der Waals surface area (Å²) in [6.45, 7) is 5.22. The molecular formula is C8H14N2O2S. The van der Waals surface area contributed by atoms with Crippen LogP contribution in [-0.4, -0.2) is 28.6 Å². The number of hydrogen-bond donors (Lipinski definition) is 3. The zero-order valence-corrected chi connectivity index (χ0v) is 8.81. The first kappa shape index (κ1) is 10.4. The molecule has 0 unspecified atom stereocenters. The molecule has 0 aliphatic carbocycles. The molecule has 2 atom stereocenters. The Labute approximate surface area is 82.9 Å². The van der Waals surface area contributed by atoms with Crippen LogP contribution in [0.1, 0.15) is 20.8 Å². The number of carbonyl (C=O) groups excluding carboxylic acids is 2. The number of rotatable bonds is 1. The van der Waals surface area contributed by atoms with Gasteiger partial charge in [-0.15, -0.1) is 0 Å². The maximum absolute atomic E-state index is 11.4. The quantitative estimate of drug-likeness (QED) is 0.511. The van der Waals surface area contributed by atoms with Gasteiger partial charge in [-0.2, -0.15) is 12.6 Å². The summed E-state index contributed by atoms with van der Waals surface area (Å²) in [6, 6.07) is -1.00. The summed E-state index contributed by atoms with van der Waals surface area (Å²) in [5.41, 5.74) is 0. The van der Waals surface area contributed by atoms with Gasteiger partial charge in [-0.3, -0.25) is 9.59 Å². The lowest BCUT2D eigenvalue weighted by Crippen LogP contribution is -2.65. The summed E-state index contributed by atoms with van der Waals surface area (Å²) in [5.74, 6) is -0.334. The molecule has 1 heterocycles. The van der Waals surface area contributed by atoms with E-state index in [0.717, 1.165) is 0 Å². The molecule has 2 N–H and O–H groups in total. The molecule has 13 heavy (non-hydrogen) atoms. The fourth-order valence-corrected chi connectivity index (χ4v) is 1.37. The molecule has 1 rings (SSSR count). The van der Waals surface area contributed by atoms with Crippen molar-refractivity contribution in [2.24, 2.45) is 0 Å². The van der Waals surface area contributed by atoms with E-state index in [1.54, 1.807) is 20.8 Å². The fraction of sp³-hybridized carbons (Fsp3) is 0.750. The highest BCUT2D eigenvalue weighted by atomic mass is 32.1. The average Bonchev–Trinajstić information content (AvgIpc) is 1.94. The van der Waals surface area contributed by atoms with E-state index in [-0.39, 0.29) is 11.8 Å². The SMILES string of the molecule is C[C@@H]1NC(=O)[C@@H](C(C)(C)S)NC1=O. The van der Waals surface area contributed by atoms with Crippen LogP contribution in [0.15, 0.2) is 0 Å². The van der Waals surface area contributed by atoms with Crippen molar-refractivity contribution in [3.63, 3.8) is 0 Å². The predicted octanol–water partition coefficient (Wildman–Crippen LogP) is -0.302. The second-order valence-electron chi connectivity index (χ2n) is 3.83. The summed E-state index contributed by atoms with van der Waals surface area (Å²) < 4.78 is -0.542. The van der Waals surface area contributed by atoms with Crippen molar-refractivity contribution >= 4 is 24.4 Å². The number of amides is 2. The molecule has 1 fully saturated rings. The molecule has 0 spiro atoms. The first-order valence-electron chi connectivity index (χ1n) is 4.15. The Kier molecular flexibility index (Phi) is 2.56. The second kappa shape index (κ2) is 3.21. The van der Waals surface area contributed by atoms with Gasteiger partial charge in [0.2, 0.25) is 11.8 Å². The normalized spacial score (nSPS) is 29.5. The van der Waals surface area contributed by atoms with Gasteiger partial charge in [-0.25, -0.2) is 0 Å². The Hall–Kier alpha value is -0.710. The van der Waals surface area contributed by atoms with Crippen molar-refractivity contribution in [1.29, 1.82) is 0 Å². The molecule has 1 aliphatic heterocycles. The molecule has 0 saturated carbocycles. The van der Waals surface area contributed by atoms with Crippen LogP contribution in [0.4, 0.5) is 0 Å². The van der Waals surface area contributed by atoms with Crippen LogP contribution in [0.3, 0.4) is 0 Å². The molecular weight excluding hydrogens is 188 g/mol. The lowest BCUT2D eigenvalue weighted by molar-refractivity contribution is -0.136. The van der Waals surface area contributed by atoms with Crippen molar-refractivity contribution in [2.45, 2.75) is 37.6 Å². The first-order chi connectivity index (χ1) is 5.82. The summed E-state index contributed by atoms with van der Waals surface area (Å²) >= 11 is 4.25. The Balaban J connectivity index is 2.79. The molecule has 4 nitrogen and oxygen atoms in total. The van der Waals surface area contributed by atoms with Crippen molar-refractivity contribution < 1.29 is 9.59 Å². The monoisotopic (exact) mass is 202 g/mol. The number of nitrogens with one attached hydrogen (secondary N) is 2. The third-order valence-corrected chi connectivity index (χ3v) is 2.27. The van der Waals surface area contributed by atoms with E-state index in [4.69, 9.17) is 0 Å². The molecule has 1 aliphatic rings. The molecule has 1 saturated heterocycles. The van der Waals surface area contributed by atoms with Gasteiger partial charge in [0, 0.05) is 4.75 Å². The maximum atomic E-state index is 11.4. The van der Waals surface area contributed by atoms with Crippen LogP contribution in [0, 0.1) is 0 Å². The number of piperazine rings is 1. The van der Waals surface area contributed by atoms with E-state index in [9.17, 15) is 9.59 Å². The molecule has 2 amide bonds. The minimum atomic E-state index is -0.556. The molecule has 5 heteroatoms. The summed E-state index contributed by atoms with van der Waals surface area (Å²) in [7, 11) is 0. The molecule has 74 valence electrons. The number of carbonyl (C=O) groups is 2. The third-order valence-electron chi connectivity index (χ3n) is 2.01. The van der Waals surface area contributed by atoms with E-state index in [1.807, 2.05) is 0 Å².